The van der Waals surface area contributed by atoms with E-state index >= 15 is 0 Å². The monoisotopic (exact) mass is 331 g/mol. The molecule has 0 amide bonds. The molecule has 0 atom stereocenters. The van der Waals surface area contributed by atoms with Gasteiger partial charge in [0.25, 0.3) is 0 Å². The Balaban J connectivity index is 2.88. The molecule has 2 aromatic carbocycles. The van der Waals surface area contributed by atoms with Crippen molar-refractivity contribution >= 4 is 21.6 Å². The molecule has 0 aromatic heterocycles. The third-order valence-corrected chi connectivity index (χ3v) is 4.52. The maximum Gasteiger partial charge on any atom is 0.239 e. The highest BCUT2D eigenvalue weighted by atomic mass is 35.5. The van der Waals surface area contributed by atoms with Crippen molar-refractivity contribution in [1.29, 1.82) is 0 Å². The molecule has 112 valence electrons. The van der Waals surface area contributed by atoms with Crippen molar-refractivity contribution in [1.82, 2.24) is 0 Å². The molecule has 0 radical (unpaired) electrons. The van der Waals surface area contributed by atoms with E-state index in [9.17, 15) is 17.2 Å². The Morgan fingerprint density at radius 1 is 1.14 bits per heavy atom. The summed E-state index contributed by atoms with van der Waals surface area (Å²) < 4.78 is 50.7. The summed E-state index contributed by atoms with van der Waals surface area (Å²) in [4.78, 5) is -0.326. The minimum Gasteiger partial charge on any atom is -0.225 e. The lowest BCUT2D eigenvalue weighted by atomic mass is 10.00. The zero-order valence-corrected chi connectivity index (χ0v) is 12.8. The Morgan fingerprint density at radius 2 is 1.76 bits per heavy atom. The molecule has 3 nitrogen and oxygen atoms in total. The summed E-state index contributed by atoms with van der Waals surface area (Å²) in [5.41, 5.74) is 0.718. The predicted molar refractivity (Wildman–Crippen MR) is 77.7 cm³/mol. The second-order valence-corrected chi connectivity index (χ2v) is 6.59. The van der Waals surface area contributed by atoms with Crippen LogP contribution in [0.1, 0.15) is 11.1 Å². The summed E-state index contributed by atoms with van der Waals surface area (Å²) in [7, 11) is -4.15. The van der Waals surface area contributed by atoms with Gasteiger partial charge in [0, 0.05) is 11.1 Å². The molecule has 2 aromatic rings. The Bertz CT molecular complexity index is 835. The minimum absolute atomic E-state index is 0.0760. The molecule has 2 N–H and O–H groups in total. The summed E-state index contributed by atoms with van der Waals surface area (Å²) in [6.45, 7) is 2.83. The van der Waals surface area contributed by atoms with Crippen LogP contribution in [0.25, 0.3) is 11.1 Å². The molecule has 0 saturated carbocycles. The molecule has 0 aliphatic rings. The van der Waals surface area contributed by atoms with Crippen LogP contribution in [0.5, 0.6) is 0 Å². The molecule has 21 heavy (non-hydrogen) atoms. The number of halogens is 3. The van der Waals surface area contributed by atoms with Gasteiger partial charge in [-0.3, -0.25) is 0 Å². The van der Waals surface area contributed by atoms with Crippen LogP contribution in [0, 0.1) is 25.5 Å². The number of hydrogen-bond donors (Lipinski definition) is 1. The van der Waals surface area contributed by atoms with E-state index in [1.165, 1.54) is 32.0 Å². The normalized spacial score (nSPS) is 11.7. The van der Waals surface area contributed by atoms with Gasteiger partial charge < -0.3 is 0 Å². The first-order valence-electron chi connectivity index (χ1n) is 5.91. The number of nitrogens with two attached hydrogens (primary N) is 1. The maximum absolute atomic E-state index is 14.0. The number of primary sulfonamides is 1. The number of aryl methyl sites for hydroxylation is 1. The molecule has 7 heteroatoms. The van der Waals surface area contributed by atoms with E-state index in [1.807, 2.05) is 0 Å². The van der Waals surface area contributed by atoms with Crippen molar-refractivity contribution in [3.63, 3.8) is 0 Å². The second kappa shape index (κ2) is 5.36. The Kier molecular flexibility index (Phi) is 4.06. The summed E-state index contributed by atoms with van der Waals surface area (Å²) in [5, 5.41) is 5.02. The van der Waals surface area contributed by atoms with Gasteiger partial charge in [-0.05, 0) is 43.2 Å². The number of benzene rings is 2. The van der Waals surface area contributed by atoms with E-state index in [1.54, 1.807) is 0 Å². The van der Waals surface area contributed by atoms with Crippen LogP contribution in [0.2, 0.25) is 5.02 Å². The van der Waals surface area contributed by atoms with Gasteiger partial charge in [-0.25, -0.2) is 22.3 Å². The van der Waals surface area contributed by atoms with Gasteiger partial charge in [-0.15, -0.1) is 0 Å². The van der Waals surface area contributed by atoms with E-state index in [0.717, 1.165) is 6.07 Å². The third kappa shape index (κ3) is 2.92. The SMILES string of the molecule is Cc1cc(-c2ccc(F)c(Cl)c2)c(S(N)(=O)=O)c(C)c1F. The molecule has 0 fully saturated rings. The third-order valence-electron chi connectivity index (χ3n) is 3.14. The van der Waals surface area contributed by atoms with Gasteiger partial charge in [-0.2, -0.15) is 0 Å². The summed E-state index contributed by atoms with van der Waals surface area (Å²) in [5.74, 6) is -1.27. The molecule has 0 saturated heterocycles. The van der Waals surface area contributed by atoms with Crippen LogP contribution < -0.4 is 5.14 Å². The van der Waals surface area contributed by atoms with Crippen LogP contribution >= 0.6 is 11.6 Å². The first-order valence-corrected chi connectivity index (χ1v) is 7.83. The van der Waals surface area contributed by atoms with Crippen LogP contribution in [-0.4, -0.2) is 8.42 Å². The van der Waals surface area contributed by atoms with Crippen LogP contribution in [0.3, 0.4) is 0 Å². The molecule has 0 bridgehead atoms. The van der Waals surface area contributed by atoms with Crippen molar-refractivity contribution < 1.29 is 17.2 Å². The molecule has 0 unspecified atom stereocenters. The first kappa shape index (κ1) is 15.9. The van der Waals surface area contributed by atoms with E-state index in [-0.39, 0.29) is 26.6 Å². The van der Waals surface area contributed by atoms with Crippen molar-refractivity contribution in [2.45, 2.75) is 18.7 Å². The van der Waals surface area contributed by atoms with Crippen molar-refractivity contribution in [3.05, 3.63) is 52.0 Å². The van der Waals surface area contributed by atoms with Crippen LogP contribution in [-0.2, 0) is 10.0 Å². The zero-order chi connectivity index (χ0) is 15.9. The van der Waals surface area contributed by atoms with Gasteiger partial charge in [0.2, 0.25) is 10.0 Å². The largest absolute Gasteiger partial charge is 0.239 e. The zero-order valence-electron chi connectivity index (χ0n) is 11.2. The molecule has 2 rings (SSSR count). The lowest BCUT2D eigenvalue weighted by Gasteiger charge is -2.14. The van der Waals surface area contributed by atoms with Gasteiger partial charge in [0.1, 0.15) is 11.6 Å². The molecular weight excluding hydrogens is 320 g/mol. The second-order valence-electron chi connectivity index (χ2n) is 4.68. The number of rotatable bonds is 2. The fourth-order valence-corrected chi connectivity index (χ4v) is 3.37. The molecule has 0 spiro atoms. The van der Waals surface area contributed by atoms with Gasteiger partial charge in [-0.1, -0.05) is 17.7 Å². The lowest BCUT2D eigenvalue weighted by molar-refractivity contribution is 0.585. The fraction of sp³-hybridized carbons (Fsp3) is 0.143. The van der Waals surface area contributed by atoms with E-state index in [2.05, 4.69) is 0 Å². The molecule has 0 heterocycles. The number of sulfonamides is 1. The summed E-state index contributed by atoms with van der Waals surface area (Å²) in [6, 6.07) is 5.10. The smallest absolute Gasteiger partial charge is 0.225 e. The lowest BCUT2D eigenvalue weighted by Crippen LogP contribution is -2.16. The molecular formula is C14H12ClF2NO2S. The molecule has 0 aliphatic heterocycles. The average Bonchev–Trinajstić information content (AvgIpc) is 2.37. The van der Waals surface area contributed by atoms with E-state index < -0.39 is 21.7 Å². The Hall–Kier alpha value is -1.50. The van der Waals surface area contributed by atoms with Crippen molar-refractivity contribution in [2.24, 2.45) is 5.14 Å². The van der Waals surface area contributed by atoms with E-state index in [0.29, 0.717) is 5.56 Å². The average molecular weight is 332 g/mol. The summed E-state index contributed by atoms with van der Waals surface area (Å²) in [6.07, 6.45) is 0. The Labute approximate surface area is 126 Å². The predicted octanol–water partition coefficient (Wildman–Crippen LogP) is 3.55. The van der Waals surface area contributed by atoms with Crippen LogP contribution in [0.15, 0.2) is 29.2 Å². The van der Waals surface area contributed by atoms with Crippen molar-refractivity contribution in [3.8, 4) is 11.1 Å². The maximum atomic E-state index is 14.0. The van der Waals surface area contributed by atoms with Crippen molar-refractivity contribution in [2.75, 3.05) is 0 Å². The Morgan fingerprint density at radius 3 is 2.29 bits per heavy atom. The summed E-state index contributed by atoms with van der Waals surface area (Å²) >= 11 is 5.71. The number of hydrogen-bond acceptors (Lipinski definition) is 2. The van der Waals surface area contributed by atoms with Gasteiger partial charge in [0.05, 0.1) is 9.92 Å². The van der Waals surface area contributed by atoms with E-state index in [4.69, 9.17) is 16.7 Å². The minimum atomic E-state index is -4.15. The highest BCUT2D eigenvalue weighted by Crippen LogP contribution is 2.34. The highest BCUT2D eigenvalue weighted by Gasteiger charge is 2.23. The molecule has 0 aliphatic carbocycles. The standard InChI is InChI=1S/C14H12ClF2NO2S/c1-7-5-10(9-3-4-12(16)11(15)6-9)14(21(18,19)20)8(2)13(7)17/h3-6H,1-2H3,(H2,18,19,20). The first-order chi connectivity index (χ1) is 9.62. The van der Waals surface area contributed by atoms with Gasteiger partial charge in [0.15, 0.2) is 0 Å². The van der Waals surface area contributed by atoms with Crippen LogP contribution in [0.4, 0.5) is 8.78 Å². The quantitative estimate of drug-likeness (QED) is 0.914. The fourth-order valence-electron chi connectivity index (χ4n) is 2.19. The topological polar surface area (TPSA) is 60.2 Å². The highest BCUT2D eigenvalue weighted by molar-refractivity contribution is 7.89. The van der Waals surface area contributed by atoms with Gasteiger partial charge >= 0.3 is 0 Å².